The number of hydrogen-bond donors (Lipinski definition) is 2. The van der Waals surface area contributed by atoms with E-state index < -0.39 is 11.9 Å². The molecule has 5 nitrogen and oxygen atoms in total. The van der Waals surface area contributed by atoms with Gasteiger partial charge in [0, 0.05) is 32.1 Å². The van der Waals surface area contributed by atoms with Gasteiger partial charge in [0.2, 0.25) is 5.75 Å². The van der Waals surface area contributed by atoms with E-state index in [1.54, 1.807) is 19.4 Å². The standard InChI is InChI=1S/C20H15Cl2FN2O3S/c1-9(16-13(21)3-4-14(23)17(16)22)28-19-18-11(6-25-20(19)24)12(8-27-18)15-5-2-10(7-26)29-15/h2-6,8-9,26H,7H2,1H3,(H2,24,25)/t9-/m1/s1. The molecular formula is C20H15Cl2FN2O3S. The van der Waals surface area contributed by atoms with Gasteiger partial charge in [-0.25, -0.2) is 9.37 Å². The van der Waals surface area contributed by atoms with E-state index in [4.69, 9.17) is 38.1 Å². The third-order valence-electron chi connectivity index (χ3n) is 4.46. The Morgan fingerprint density at radius 1 is 1.31 bits per heavy atom. The van der Waals surface area contributed by atoms with Crippen molar-refractivity contribution in [1.82, 2.24) is 4.98 Å². The van der Waals surface area contributed by atoms with Crippen LogP contribution in [0.4, 0.5) is 10.2 Å². The highest BCUT2D eigenvalue weighted by Crippen LogP contribution is 2.42. The zero-order valence-electron chi connectivity index (χ0n) is 15.1. The number of hydrogen-bond acceptors (Lipinski definition) is 6. The Kier molecular flexibility index (Phi) is 5.40. The number of pyridine rings is 1. The fourth-order valence-electron chi connectivity index (χ4n) is 3.04. The van der Waals surface area contributed by atoms with Crippen molar-refractivity contribution in [2.75, 3.05) is 5.73 Å². The molecule has 3 N–H and O–H groups in total. The summed E-state index contributed by atoms with van der Waals surface area (Å²) < 4.78 is 25.6. The molecule has 4 rings (SSSR count). The Balaban J connectivity index is 1.77. The number of ether oxygens (including phenoxy) is 1. The minimum Gasteiger partial charge on any atom is -0.478 e. The number of anilines is 1. The van der Waals surface area contributed by atoms with Crippen LogP contribution in [0.1, 0.15) is 23.5 Å². The average Bonchev–Trinajstić information content (AvgIpc) is 3.34. The summed E-state index contributed by atoms with van der Waals surface area (Å²) in [6, 6.07) is 6.35. The van der Waals surface area contributed by atoms with Crippen LogP contribution in [-0.4, -0.2) is 10.1 Å². The van der Waals surface area contributed by atoms with Gasteiger partial charge >= 0.3 is 0 Å². The van der Waals surface area contributed by atoms with Crippen molar-refractivity contribution >= 4 is 51.3 Å². The van der Waals surface area contributed by atoms with Crippen LogP contribution in [-0.2, 0) is 6.61 Å². The lowest BCUT2D eigenvalue weighted by Crippen LogP contribution is -2.08. The molecule has 0 aliphatic rings. The molecule has 0 spiro atoms. The highest BCUT2D eigenvalue weighted by atomic mass is 35.5. The summed E-state index contributed by atoms with van der Waals surface area (Å²) in [5, 5.41) is 10.2. The van der Waals surface area contributed by atoms with E-state index >= 15 is 0 Å². The number of nitrogens with two attached hydrogens (primary N) is 1. The van der Waals surface area contributed by atoms with Crippen molar-refractivity contribution in [3.05, 3.63) is 63.0 Å². The molecule has 0 saturated carbocycles. The topological polar surface area (TPSA) is 81.5 Å². The third-order valence-corrected chi connectivity index (χ3v) is 6.28. The monoisotopic (exact) mass is 452 g/mol. The first kappa shape index (κ1) is 20.0. The number of aliphatic hydroxyl groups is 1. The molecule has 3 aromatic heterocycles. The lowest BCUT2D eigenvalue weighted by Gasteiger charge is -2.18. The summed E-state index contributed by atoms with van der Waals surface area (Å²) in [6.45, 7) is 1.65. The van der Waals surface area contributed by atoms with Gasteiger partial charge in [-0.15, -0.1) is 11.3 Å². The van der Waals surface area contributed by atoms with E-state index in [9.17, 15) is 9.50 Å². The number of halogens is 3. The highest BCUT2D eigenvalue weighted by Gasteiger charge is 2.23. The van der Waals surface area contributed by atoms with Gasteiger partial charge in [-0.3, -0.25) is 0 Å². The maximum atomic E-state index is 13.9. The number of fused-ring (bicyclic) bond motifs is 1. The normalized spacial score (nSPS) is 12.4. The second-order valence-corrected chi connectivity index (χ2v) is 8.26. The molecule has 1 atom stereocenters. The van der Waals surface area contributed by atoms with Crippen molar-refractivity contribution in [2.24, 2.45) is 0 Å². The minimum absolute atomic E-state index is 0.0350. The van der Waals surface area contributed by atoms with Gasteiger partial charge in [0.05, 0.1) is 17.0 Å². The van der Waals surface area contributed by atoms with Gasteiger partial charge in [0.25, 0.3) is 0 Å². The van der Waals surface area contributed by atoms with Crippen LogP contribution >= 0.6 is 34.5 Å². The number of thiophene rings is 1. The summed E-state index contributed by atoms with van der Waals surface area (Å²) in [5.41, 5.74) is 7.54. The first-order chi connectivity index (χ1) is 13.9. The number of rotatable bonds is 5. The second kappa shape index (κ2) is 7.84. The van der Waals surface area contributed by atoms with E-state index in [-0.39, 0.29) is 28.2 Å². The Morgan fingerprint density at radius 2 is 2.10 bits per heavy atom. The molecule has 0 aliphatic carbocycles. The van der Waals surface area contributed by atoms with Crippen LogP contribution in [0.2, 0.25) is 10.0 Å². The predicted molar refractivity (Wildman–Crippen MR) is 113 cm³/mol. The van der Waals surface area contributed by atoms with Crippen molar-refractivity contribution < 1.29 is 18.7 Å². The summed E-state index contributed by atoms with van der Waals surface area (Å²) in [4.78, 5) is 5.95. The second-order valence-electron chi connectivity index (χ2n) is 6.31. The fraction of sp³-hybridized carbons (Fsp3) is 0.150. The highest BCUT2D eigenvalue weighted by molar-refractivity contribution is 7.15. The predicted octanol–water partition coefficient (Wildman–Crippen LogP) is 6.22. The SMILES string of the molecule is C[C@@H](Oc1c(N)ncc2c(-c3ccc(CO)s3)coc12)c1c(Cl)ccc(F)c1Cl. The molecule has 0 saturated heterocycles. The molecule has 150 valence electrons. The van der Waals surface area contributed by atoms with Crippen molar-refractivity contribution in [3.63, 3.8) is 0 Å². The Labute approximate surface area is 179 Å². The van der Waals surface area contributed by atoms with Gasteiger partial charge in [-0.2, -0.15) is 0 Å². The van der Waals surface area contributed by atoms with Crippen LogP contribution in [0.3, 0.4) is 0 Å². The maximum Gasteiger partial charge on any atom is 0.205 e. The number of aromatic nitrogens is 1. The van der Waals surface area contributed by atoms with Gasteiger partial charge in [0.15, 0.2) is 11.4 Å². The van der Waals surface area contributed by atoms with E-state index in [0.29, 0.717) is 16.5 Å². The maximum absolute atomic E-state index is 13.9. The van der Waals surface area contributed by atoms with Crippen LogP contribution in [0.15, 0.2) is 41.1 Å². The minimum atomic E-state index is -0.711. The van der Waals surface area contributed by atoms with Gasteiger partial charge in [0.1, 0.15) is 18.2 Å². The molecule has 0 unspecified atom stereocenters. The van der Waals surface area contributed by atoms with Gasteiger partial charge in [-0.05, 0) is 31.2 Å². The summed E-state index contributed by atoms with van der Waals surface area (Å²) in [6.07, 6.45) is 2.47. The molecule has 0 bridgehead atoms. The number of benzene rings is 1. The molecular weight excluding hydrogens is 438 g/mol. The summed E-state index contributed by atoms with van der Waals surface area (Å²) in [7, 11) is 0. The zero-order chi connectivity index (χ0) is 20.7. The van der Waals surface area contributed by atoms with Crippen molar-refractivity contribution in [3.8, 4) is 16.2 Å². The van der Waals surface area contributed by atoms with Gasteiger partial charge in [-0.1, -0.05) is 23.2 Å². The number of aliphatic hydroxyl groups excluding tert-OH is 1. The lowest BCUT2D eigenvalue weighted by molar-refractivity contribution is 0.227. The number of furan rings is 1. The molecule has 3 heterocycles. The smallest absolute Gasteiger partial charge is 0.205 e. The fourth-order valence-corrected chi connectivity index (χ4v) is 4.61. The molecule has 0 aliphatic heterocycles. The zero-order valence-corrected chi connectivity index (χ0v) is 17.4. The largest absolute Gasteiger partial charge is 0.478 e. The van der Waals surface area contributed by atoms with Crippen molar-refractivity contribution in [1.29, 1.82) is 0 Å². The lowest BCUT2D eigenvalue weighted by atomic mass is 10.1. The van der Waals surface area contributed by atoms with E-state index in [1.807, 2.05) is 12.1 Å². The molecule has 4 aromatic rings. The van der Waals surface area contributed by atoms with Crippen molar-refractivity contribution in [2.45, 2.75) is 19.6 Å². The average molecular weight is 453 g/mol. The first-order valence-corrected chi connectivity index (χ1v) is 10.1. The Hall–Kier alpha value is -2.32. The summed E-state index contributed by atoms with van der Waals surface area (Å²) >= 11 is 13.7. The van der Waals surface area contributed by atoms with Crippen LogP contribution in [0, 0.1) is 5.82 Å². The molecule has 0 fully saturated rings. The molecule has 0 amide bonds. The Morgan fingerprint density at radius 3 is 2.83 bits per heavy atom. The van der Waals surface area contributed by atoms with Crippen LogP contribution in [0.25, 0.3) is 21.4 Å². The third kappa shape index (κ3) is 3.55. The summed E-state index contributed by atoms with van der Waals surface area (Å²) in [5.74, 6) is -0.254. The molecule has 1 aromatic carbocycles. The molecule has 9 heteroatoms. The Bertz CT molecular complexity index is 1210. The quantitative estimate of drug-likeness (QED) is 0.351. The molecule has 29 heavy (non-hydrogen) atoms. The van der Waals surface area contributed by atoms with Crippen LogP contribution < -0.4 is 10.5 Å². The first-order valence-electron chi connectivity index (χ1n) is 8.56. The van der Waals surface area contributed by atoms with Gasteiger partial charge < -0.3 is 20.0 Å². The number of nitrogens with zero attached hydrogens (tertiary/aromatic N) is 1. The molecule has 0 radical (unpaired) electrons. The number of nitrogen functional groups attached to an aromatic ring is 1. The van der Waals surface area contributed by atoms with E-state index in [1.165, 1.54) is 23.5 Å². The van der Waals surface area contributed by atoms with Crippen LogP contribution in [0.5, 0.6) is 5.75 Å². The van der Waals surface area contributed by atoms with E-state index in [2.05, 4.69) is 4.98 Å². The van der Waals surface area contributed by atoms with E-state index in [0.717, 1.165) is 15.3 Å².